The van der Waals surface area contributed by atoms with Gasteiger partial charge >= 0.3 is 6.09 Å². The number of rotatable bonds is 7. The molecule has 1 atom stereocenters. The van der Waals surface area contributed by atoms with Gasteiger partial charge in [0.2, 0.25) is 15.9 Å². The molecule has 0 radical (unpaired) electrons. The number of methoxy groups -OCH3 is 1. The molecule has 9 nitrogen and oxygen atoms in total. The maximum absolute atomic E-state index is 13.2. The number of amides is 2. The highest BCUT2D eigenvalue weighted by atomic mass is 32.2. The highest BCUT2D eigenvalue weighted by Crippen LogP contribution is 2.27. The molecule has 0 saturated carbocycles. The monoisotopic (exact) mass is 427 g/mol. The van der Waals surface area contributed by atoms with E-state index >= 15 is 0 Å². The summed E-state index contributed by atoms with van der Waals surface area (Å²) < 4.78 is 36.5. The van der Waals surface area contributed by atoms with Crippen LogP contribution < -0.4 is 9.04 Å². The van der Waals surface area contributed by atoms with E-state index in [2.05, 4.69) is 0 Å². The molecule has 1 aliphatic rings. The summed E-state index contributed by atoms with van der Waals surface area (Å²) in [7, 11) is -2.23. The fourth-order valence-corrected chi connectivity index (χ4v) is 4.52. The van der Waals surface area contributed by atoms with E-state index in [9.17, 15) is 18.0 Å². The van der Waals surface area contributed by atoms with Crippen LogP contribution >= 0.6 is 0 Å². The van der Waals surface area contributed by atoms with Crippen molar-refractivity contribution in [2.75, 3.05) is 50.5 Å². The first-order valence-corrected chi connectivity index (χ1v) is 11.4. The van der Waals surface area contributed by atoms with Crippen LogP contribution in [0.5, 0.6) is 5.75 Å². The fourth-order valence-electron chi connectivity index (χ4n) is 3.33. The molecule has 1 heterocycles. The van der Waals surface area contributed by atoms with Gasteiger partial charge in [0.25, 0.3) is 0 Å². The lowest BCUT2D eigenvalue weighted by Gasteiger charge is -2.38. The molecule has 1 saturated heterocycles. The Balaban J connectivity index is 2.22. The van der Waals surface area contributed by atoms with Crippen molar-refractivity contribution in [1.82, 2.24) is 9.80 Å². The van der Waals surface area contributed by atoms with E-state index in [1.54, 1.807) is 47.9 Å². The molecule has 2 amide bonds. The lowest BCUT2D eigenvalue weighted by atomic mass is 10.1. The van der Waals surface area contributed by atoms with Gasteiger partial charge in [-0.2, -0.15) is 0 Å². The van der Waals surface area contributed by atoms with Crippen LogP contribution in [0.15, 0.2) is 24.3 Å². The molecule has 1 fully saturated rings. The summed E-state index contributed by atoms with van der Waals surface area (Å²) >= 11 is 0. The zero-order valence-corrected chi connectivity index (χ0v) is 18.1. The van der Waals surface area contributed by atoms with Gasteiger partial charge in [-0.1, -0.05) is 13.0 Å². The van der Waals surface area contributed by atoms with Gasteiger partial charge in [0.05, 0.1) is 25.7 Å². The SMILES string of the molecule is CCOC(=O)N1CCN(C(=O)C(CC)N(c2cccc(OC)c2)S(C)(=O)=O)CC1. The standard InChI is InChI=1S/C19H29N3O6S/c1-5-17(18(23)20-10-12-21(13-11-20)19(24)28-6-2)22(29(4,25)26)15-8-7-9-16(14-15)27-3/h7-9,14,17H,5-6,10-13H2,1-4H3. The molecule has 10 heteroatoms. The number of carbonyl (C=O) groups excluding carboxylic acids is 2. The smallest absolute Gasteiger partial charge is 0.409 e. The Bertz CT molecular complexity index is 821. The number of ether oxygens (including phenoxy) is 2. The second-order valence-corrected chi connectivity index (χ2v) is 8.56. The Morgan fingerprint density at radius 3 is 2.28 bits per heavy atom. The third kappa shape index (κ3) is 5.53. The molecule has 1 aromatic rings. The lowest BCUT2D eigenvalue weighted by molar-refractivity contribution is -0.134. The van der Waals surface area contributed by atoms with Crippen LogP contribution in [-0.2, 0) is 19.6 Å². The zero-order valence-electron chi connectivity index (χ0n) is 17.3. The summed E-state index contributed by atoms with van der Waals surface area (Å²) in [5.41, 5.74) is 0.372. The molecule has 1 aromatic carbocycles. The van der Waals surface area contributed by atoms with Gasteiger partial charge in [0, 0.05) is 32.2 Å². The van der Waals surface area contributed by atoms with Crippen molar-refractivity contribution < 1.29 is 27.5 Å². The summed E-state index contributed by atoms with van der Waals surface area (Å²) in [5, 5.41) is 0. The normalized spacial score (nSPS) is 15.6. The van der Waals surface area contributed by atoms with Gasteiger partial charge < -0.3 is 19.3 Å². The average molecular weight is 428 g/mol. The average Bonchev–Trinajstić information content (AvgIpc) is 2.70. The predicted molar refractivity (Wildman–Crippen MR) is 110 cm³/mol. The third-order valence-electron chi connectivity index (χ3n) is 4.74. The molecule has 162 valence electrons. The number of hydrogen-bond acceptors (Lipinski definition) is 6. The van der Waals surface area contributed by atoms with Crippen LogP contribution in [0.1, 0.15) is 20.3 Å². The van der Waals surface area contributed by atoms with Crippen molar-refractivity contribution in [3.63, 3.8) is 0 Å². The van der Waals surface area contributed by atoms with Crippen molar-refractivity contribution >= 4 is 27.7 Å². The summed E-state index contributed by atoms with van der Waals surface area (Å²) in [6, 6.07) is 5.74. The summed E-state index contributed by atoms with van der Waals surface area (Å²) in [4.78, 5) is 28.2. The van der Waals surface area contributed by atoms with E-state index in [4.69, 9.17) is 9.47 Å². The van der Waals surface area contributed by atoms with Crippen molar-refractivity contribution in [3.8, 4) is 5.75 Å². The Labute approximate surface area is 172 Å². The van der Waals surface area contributed by atoms with Gasteiger partial charge in [-0.3, -0.25) is 9.10 Å². The maximum Gasteiger partial charge on any atom is 0.409 e. The highest BCUT2D eigenvalue weighted by molar-refractivity contribution is 7.92. The molecular weight excluding hydrogens is 398 g/mol. The van der Waals surface area contributed by atoms with Crippen LogP contribution in [-0.4, -0.2) is 82.4 Å². The van der Waals surface area contributed by atoms with E-state index in [0.29, 0.717) is 50.6 Å². The van der Waals surface area contributed by atoms with Crippen LogP contribution in [0.25, 0.3) is 0 Å². The third-order valence-corrected chi connectivity index (χ3v) is 5.92. The molecule has 1 aliphatic heterocycles. The van der Waals surface area contributed by atoms with Gasteiger partial charge in [-0.25, -0.2) is 13.2 Å². The minimum atomic E-state index is -3.72. The van der Waals surface area contributed by atoms with E-state index in [1.807, 2.05) is 0 Å². The Morgan fingerprint density at radius 1 is 1.14 bits per heavy atom. The van der Waals surface area contributed by atoms with E-state index in [-0.39, 0.29) is 5.91 Å². The number of piperazine rings is 1. The summed E-state index contributed by atoms with van der Waals surface area (Å²) in [6.07, 6.45) is 0.989. The minimum Gasteiger partial charge on any atom is -0.497 e. The van der Waals surface area contributed by atoms with Gasteiger partial charge in [0.15, 0.2) is 0 Å². The highest BCUT2D eigenvalue weighted by Gasteiger charge is 2.36. The van der Waals surface area contributed by atoms with Crippen molar-refractivity contribution in [3.05, 3.63) is 24.3 Å². The molecule has 0 N–H and O–H groups in total. The minimum absolute atomic E-state index is 0.288. The molecular formula is C19H29N3O6S. The second-order valence-electron chi connectivity index (χ2n) is 6.70. The Morgan fingerprint density at radius 2 is 1.76 bits per heavy atom. The van der Waals surface area contributed by atoms with Crippen LogP contribution in [0.3, 0.4) is 0 Å². The number of hydrogen-bond donors (Lipinski definition) is 0. The first-order chi connectivity index (χ1) is 13.7. The fraction of sp³-hybridized carbons (Fsp3) is 0.579. The van der Waals surface area contributed by atoms with Crippen LogP contribution in [0.2, 0.25) is 0 Å². The van der Waals surface area contributed by atoms with Crippen molar-refractivity contribution in [2.24, 2.45) is 0 Å². The predicted octanol–water partition coefficient (Wildman–Crippen LogP) is 1.54. The summed E-state index contributed by atoms with van der Waals surface area (Å²) in [6.45, 7) is 5.14. The Hall–Kier alpha value is -2.49. The van der Waals surface area contributed by atoms with E-state index < -0.39 is 22.2 Å². The van der Waals surface area contributed by atoms with Crippen LogP contribution in [0, 0.1) is 0 Å². The Kier molecular flexibility index (Phi) is 7.72. The lowest BCUT2D eigenvalue weighted by Crippen LogP contribution is -2.56. The number of nitrogens with zero attached hydrogens (tertiary/aromatic N) is 3. The molecule has 0 bridgehead atoms. The first kappa shape index (κ1) is 22.8. The maximum atomic E-state index is 13.2. The number of anilines is 1. The number of carbonyl (C=O) groups is 2. The largest absolute Gasteiger partial charge is 0.497 e. The molecule has 1 unspecified atom stereocenters. The van der Waals surface area contributed by atoms with Gasteiger partial charge in [-0.15, -0.1) is 0 Å². The zero-order chi connectivity index (χ0) is 21.6. The van der Waals surface area contributed by atoms with E-state index in [1.165, 1.54) is 7.11 Å². The van der Waals surface area contributed by atoms with Crippen molar-refractivity contribution in [1.29, 1.82) is 0 Å². The quantitative estimate of drug-likeness (QED) is 0.655. The number of sulfonamides is 1. The van der Waals surface area contributed by atoms with Gasteiger partial charge in [0.1, 0.15) is 11.8 Å². The molecule has 2 rings (SSSR count). The molecule has 0 aromatic heterocycles. The molecule has 29 heavy (non-hydrogen) atoms. The summed E-state index contributed by atoms with van der Waals surface area (Å²) in [5.74, 6) is 0.214. The van der Waals surface area contributed by atoms with E-state index in [0.717, 1.165) is 10.6 Å². The second kappa shape index (κ2) is 9.82. The van der Waals surface area contributed by atoms with Crippen LogP contribution in [0.4, 0.5) is 10.5 Å². The molecule has 0 spiro atoms. The first-order valence-electron chi connectivity index (χ1n) is 9.56. The molecule has 0 aliphatic carbocycles. The van der Waals surface area contributed by atoms with Crippen molar-refractivity contribution in [2.45, 2.75) is 26.3 Å². The topological polar surface area (TPSA) is 96.5 Å². The van der Waals surface area contributed by atoms with Gasteiger partial charge in [-0.05, 0) is 25.5 Å². The number of benzene rings is 1.